The van der Waals surface area contributed by atoms with Gasteiger partial charge in [-0.15, -0.1) is 0 Å². The number of likely N-dealkylation sites (N-methyl/N-ethyl adjacent to an activating group) is 1. The Hall–Kier alpha value is -0.920. The Morgan fingerprint density at radius 3 is 2.88 bits per heavy atom. The molecule has 0 bridgehead atoms. The molecular weight excluding hydrogens is 228 g/mol. The molecule has 0 spiro atoms. The zero-order chi connectivity index (χ0) is 11.8. The largest absolute Gasteiger partial charge is 0.316 e. The lowest BCUT2D eigenvalue weighted by molar-refractivity contribution is 0.464. The van der Waals surface area contributed by atoms with Crippen molar-refractivity contribution in [3.05, 3.63) is 11.9 Å². The molecule has 16 heavy (non-hydrogen) atoms. The summed E-state index contributed by atoms with van der Waals surface area (Å²) in [6.45, 7) is 2.81. The molecule has 0 radical (unpaired) electrons. The predicted octanol–water partition coefficient (Wildman–Crippen LogP) is -0.299. The SMILES string of the molecule is CNC1CCN(S(=O)(=O)c2cn[nH]c2C)C1. The van der Waals surface area contributed by atoms with Crippen LogP contribution in [0.3, 0.4) is 0 Å². The first-order valence-corrected chi connectivity index (χ1v) is 6.67. The summed E-state index contributed by atoms with van der Waals surface area (Å²) in [5, 5.41) is 9.50. The Bertz CT molecular complexity index is 468. The summed E-state index contributed by atoms with van der Waals surface area (Å²) >= 11 is 0. The van der Waals surface area contributed by atoms with Crippen LogP contribution in [0.1, 0.15) is 12.1 Å². The number of nitrogens with zero attached hydrogens (tertiary/aromatic N) is 2. The topological polar surface area (TPSA) is 78.1 Å². The van der Waals surface area contributed by atoms with Crippen LogP contribution in [0.4, 0.5) is 0 Å². The van der Waals surface area contributed by atoms with Crippen LogP contribution >= 0.6 is 0 Å². The number of sulfonamides is 1. The molecule has 2 N–H and O–H groups in total. The van der Waals surface area contributed by atoms with Gasteiger partial charge in [-0.1, -0.05) is 0 Å². The van der Waals surface area contributed by atoms with Crippen molar-refractivity contribution < 1.29 is 8.42 Å². The summed E-state index contributed by atoms with van der Waals surface area (Å²) < 4.78 is 25.9. The first-order valence-electron chi connectivity index (χ1n) is 5.23. The molecule has 1 aromatic rings. The van der Waals surface area contributed by atoms with Gasteiger partial charge < -0.3 is 5.32 Å². The van der Waals surface area contributed by atoms with Gasteiger partial charge in [-0.25, -0.2) is 8.42 Å². The van der Waals surface area contributed by atoms with Gasteiger partial charge in [0.1, 0.15) is 4.90 Å². The quantitative estimate of drug-likeness (QED) is 0.765. The van der Waals surface area contributed by atoms with E-state index in [9.17, 15) is 8.42 Å². The molecule has 1 aliphatic heterocycles. The molecular formula is C9H16N4O2S. The van der Waals surface area contributed by atoms with Crippen LogP contribution in [0, 0.1) is 6.92 Å². The predicted molar refractivity (Wildman–Crippen MR) is 59.5 cm³/mol. The Balaban J connectivity index is 2.25. The van der Waals surface area contributed by atoms with Crippen LogP contribution in [0.5, 0.6) is 0 Å². The summed E-state index contributed by atoms with van der Waals surface area (Å²) in [7, 11) is -1.52. The highest BCUT2D eigenvalue weighted by Crippen LogP contribution is 2.22. The third-order valence-corrected chi connectivity index (χ3v) is 4.94. The van der Waals surface area contributed by atoms with Crippen molar-refractivity contribution in [3.8, 4) is 0 Å². The minimum atomic E-state index is -3.37. The van der Waals surface area contributed by atoms with E-state index in [-0.39, 0.29) is 10.9 Å². The minimum Gasteiger partial charge on any atom is -0.316 e. The lowest BCUT2D eigenvalue weighted by atomic mass is 10.3. The lowest BCUT2D eigenvalue weighted by Gasteiger charge is -2.15. The molecule has 2 heterocycles. The molecule has 1 atom stereocenters. The van der Waals surface area contributed by atoms with Gasteiger partial charge in [0.25, 0.3) is 0 Å². The highest BCUT2D eigenvalue weighted by Gasteiger charge is 2.33. The van der Waals surface area contributed by atoms with E-state index in [2.05, 4.69) is 15.5 Å². The monoisotopic (exact) mass is 244 g/mol. The smallest absolute Gasteiger partial charge is 0.246 e. The van der Waals surface area contributed by atoms with E-state index in [1.165, 1.54) is 10.5 Å². The molecule has 1 fully saturated rings. The number of H-pyrrole nitrogens is 1. The number of hydrogen-bond acceptors (Lipinski definition) is 4. The highest BCUT2D eigenvalue weighted by molar-refractivity contribution is 7.89. The Morgan fingerprint density at radius 1 is 1.62 bits per heavy atom. The number of rotatable bonds is 3. The second kappa shape index (κ2) is 4.15. The van der Waals surface area contributed by atoms with E-state index >= 15 is 0 Å². The minimum absolute atomic E-state index is 0.252. The summed E-state index contributed by atoms with van der Waals surface area (Å²) in [5.74, 6) is 0. The van der Waals surface area contributed by atoms with Gasteiger partial charge in [0.05, 0.1) is 11.9 Å². The van der Waals surface area contributed by atoms with Gasteiger partial charge in [0.15, 0.2) is 0 Å². The number of hydrogen-bond donors (Lipinski definition) is 2. The standard InChI is InChI=1S/C9H16N4O2S/c1-7-9(5-11-12-7)16(14,15)13-4-3-8(6-13)10-2/h5,8,10H,3-4,6H2,1-2H3,(H,11,12). The Morgan fingerprint density at radius 2 is 2.38 bits per heavy atom. The number of nitrogens with one attached hydrogen (secondary N) is 2. The Kier molecular flexibility index (Phi) is 3.00. The maximum atomic E-state index is 12.2. The lowest BCUT2D eigenvalue weighted by Crippen LogP contribution is -2.33. The second-order valence-corrected chi connectivity index (χ2v) is 5.90. The third kappa shape index (κ3) is 1.85. The molecule has 1 aromatic heterocycles. The van der Waals surface area contributed by atoms with E-state index in [0.717, 1.165) is 6.42 Å². The average molecular weight is 244 g/mol. The molecule has 1 unspecified atom stereocenters. The van der Waals surface area contributed by atoms with Gasteiger partial charge >= 0.3 is 0 Å². The second-order valence-electron chi connectivity index (χ2n) is 4.00. The van der Waals surface area contributed by atoms with Crippen LogP contribution in [0.25, 0.3) is 0 Å². The molecule has 0 aliphatic carbocycles. The van der Waals surface area contributed by atoms with Crippen LogP contribution in [-0.4, -0.2) is 49.1 Å². The molecule has 6 nitrogen and oxygen atoms in total. The van der Waals surface area contributed by atoms with Crippen molar-refractivity contribution >= 4 is 10.0 Å². The van der Waals surface area contributed by atoms with Crippen molar-refractivity contribution in [2.24, 2.45) is 0 Å². The van der Waals surface area contributed by atoms with Crippen molar-refractivity contribution in [2.75, 3.05) is 20.1 Å². The van der Waals surface area contributed by atoms with Crippen LogP contribution < -0.4 is 5.32 Å². The molecule has 1 saturated heterocycles. The van der Waals surface area contributed by atoms with E-state index in [1.807, 2.05) is 7.05 Å². The molecule has 7 heteroatoms. The number of aryl methyl sites for hydroxylation is 1. The zero-order valence-corrected chi connectivity index (χ0v) is 10.2. The Labute approximate surface area is 95.1 Å². The number of aromatic nitrogens is 2. The summed E-state index contributed by atoms with van der Waals surface area (Å²) in [6, 6.07) is 0.252. The fourth-order valence-corrected chi connectivity index (χ4v) is 3.54. The molecule has 0 saturated carbocycles. The van der Waals surface area contributed by atoms with Crippen molar-refractivity contribution in [1.82, 2.24) is 19.8 Å². The van der Waals surface area contributed by atoms with Crippen molar-refractivity contribution in [1.29, 1.82) is 0 Å². The number of aromatic amines is 1. The van der Waals surface area contributed by atoms with Gasteiger partial charge in [0.2, 0.25) is 10.0 Å². The maximum absolute atomic E-state index is 12.2. The summed E-state index contributed by atoms with van der Waals surface area (Å²) in [6.07, 6.45) is 2.23. The average Bonchev–Trinajstić information content (AvgIpc) is 2.85. The van der Waals surface area contributed by atoms with Gasteiger partial charge in [-0.3, -0.25) is 5.10 Å². The van der Waals surface area contributed by atoms with E-state index < -0.39 is 10.0 Å². The first kappa shape index (κ1) is 11.6. The van der Waals surface area contributed by atoms with Gasteiger partial charge in [0, 0.05) is 19.1 Å². The molecule has 0 amide bonds. The van der Waals surface area contributed by atoms with E-state index in [1.54, 1.807) is 6.92 Å². The van der Waals surface area contributed by atoms with Crippen LogP contribution in [0.15, 0.2) is 11.1 Å². The normalized spacial score (nSPS) is 22.8. The third-order valence-electron chi connectivity index (χ3n) is 2.96. The van der Waals surface area contributed by atoms with Crippen LogP contribution in [0.2, 0.25) is 0 Å². The summed E-state index contributed by atoms with van der Waals surface area (Å²) in [4.78, 5) is 0.282. The fourth-order valence-electron chi connectivity index (χ4n) is 1.92. The fraction of sp³-hybridized carbons (Fsp3) is 0.667. The maximum Gasteiger partial charge on any atom is 0.246 e. The van der Waals surface area contributed by atoms with Crippen LogP contribution in [-0.2, 0) is 10.0 Å². The van der Waals surface area contributed by atoms with Crippen molar-refractivity contribution in [3.63, 3.8) is 0 Å². The molecule has 1 aliphatic rings. The molecule has 2 rings (SSSR count). The first-order chi connectivity index (χ1) is 7.55. The van der Waals surface area contributed by atoms with Crippen molar-refractivity contribution in [2.45, 2.75) is 24.3 Å². The van der Waals surface area contributed by atoms with Gasteiger partial charge in [-0.05, 0) is 20.4 Å². The van der Waals surface area contributed by atoms with Gasteiger partial charge in [-0.2, -0.15) is 9.40 Å². The molecule has 90 valence electrons. The van der Waals surface area contributed by atoms with E-state index in [0.29, 0.717) is 18.8 Å². The highest BCUT2D eigenvalue weighted by atomic mass is 32.2. The summed E-state index contributed by atoms with van der Waals surface area (Å²) in [5.41, 5.74) is 0.591. The zero-order valence-electron chi connectivity index (χ0n) is 9.40. The van der Waals surface area contributed by atoms with E-state index in [4.69, 9.17) is 0 Å². The molecule has 0 aromatic carbocycles.